The van der Waals surface area contributed by atoms with Crippen LogP contribution in [0, 0.1) is 41.5 Å². The lowest BCUT2D eigenvalue weighted by Gasteiger charge is -2.21. The molecule has 8 heteroatoms. The van der Waals surface area contributed by atoms with E-state index in [0.29, 0.717) is 11.4 Å². The molecule has 1 aromatic heterocycles. The highest BCUT2D eigenvalue weighted by atomic mass is 19.2. The van der Waals surface area contributed by atoms with Gasteiger partial charge in [-0.3, -0.25) is 4.79 Å². The Hall–Kier alpha value is -2.95. The Kier molecular flexibility index (Phi) is 7.42. The van der Waals surface area contributed by atoms with Crippen LogP contribution in [0.2, 0.25) is 0 Å². The third-order valence-corrected chi connectivity index (χ3v) is 4.71. The summed E-state index contributed by atoms with van der Waals surface area (Å²) >= 11 is 0. The number of nitrogens with zero attached hydrogens (tertiary/aromatic N) is 2. The third kappa shape index (κ3) is 5.22. The Morgan fingerprint density at radius 2 is 1.52 bits per heavy atom. The molecular weight excluding hydrogens is 412 g/mol. The fourth-order valence-corrected chi connectivity index (χ4v) is 3.02. The summed E-state index contributed by atoms with van der Waals surface area (Å²) in [7, 11) is 0. The standard InChI is InChI=1S/C23H24F4N2O2/c1-7-8-14-17(24)19(26)15(20(27)18(14)25)11-31-21(30)16(12(2)3)13-9-28-22(29-10-13)23(4,5)6/h1,9-10,12,16H,8,11H2,2-6H3. The molecule has 0 fully saturated rings. The summed E-state index contributed by atoms with van der Waals surface area (Å²) in [6.07, 6.45) is 7.35. The van der Waals surface area contributed by atoms with Crippen molar-refractivity contribution in [3.8, 4) is 12.3 Å². The maximum Gasteiger partial charge on any atom is 0.314 e. The maximum atomic E-state index is 14.3. The van der Waals surface area contributed by atoms with Crippen LogP contribution in [0.1, 0.15) is 63.1 Å². The van der Waals surface area contributed by atoms with Gasteiger partial charge in [0.05, 0.1) is 11.5 Å². The lowest BCUT2D eigenvalue weighted by atomic mass is 9.89. The Morgan fingerprint density at radius 3 is 1.94 bits per heavy atom. The first kappa shape index (κ1) is 24.3. The molecule has 0 bridgehead atoms. The van der Waals surface area contributed by atoms with E-state index < -0.39 is 59.3 Å². The van der Waals surface area contributed by atoms with E-state index in [9.17, 15) is 22.4 Å². The molecule has 1 heterocycles. The minimum atomic E-state index is -1.64. The Labute approximate surface area is 179 Å². The second-order valence-corrected chi connectivity index (χ2v) is 8.51. The number of halogens is 4. The molecule has 1 atom stereocenters. The number of terminal acetylenes is 1. The molecule has 0 spiro atoms. The summed E-state index contributed by atoms with van der Waals surface area (Å²) < 4.78 is 61.7. The number of aromatic nitrogens is 2. The van der Waals surface area contributed by atoms with E-state index in [1.807, 2.05) is 26.7 Å². The number of benzene rings is 1. The Balaban J connectivity index is 2.28. The normalized spacial score (nSPS) is 12.5. The first-order valence-electron chi connectivity index (χ1n) is 9.66. The lowest BCUT2D eigenvalue weighted by molar-refractivity contribution is -0.148. The molecule has 31 heavy (non-hydrogen) atoms. The van der Waals surface area contributed by atoms with Gasteiger partial charge in [0.1, 0.15) is 12.4 Å². The van der Waals surface area contributed by atoms with Crippen LogP contribution < -0.4 is 0 Å². The molecule has 0 saturated heterocycles. The predicted molar refractivity (Wildman–Crippen MR) is 107 cm³/mol. The van der Waals surface area contributed by atoms with Gasteiger partial charge in [0.2, 0.25) is 0 Å². The van der Waals surface area contributed by atoms with Gasteiger partial charge >= 0.3 is 5.97 Å². The van der Waals surface area contributed by atoms with Crippen LogP contribution in [0.25, 0.3) is 0 Å². The summed E-state index contributed by atoms with van der Waals surface area (Å²) in [5.74, 6) is -5.90. The number of ether oxygens (including phenoxy) is 1. The van der Waals surface area contributed by atoms with Gasteiger partial charge in [-0.1, -0.05) is 34.6 Å². The number of carbonyl (C=O) groups excluding carboxylic acids is 1. The fraction of sp³-hybridized carbons (Fsp3) is 0.435. The zero-order chi connectivity index (χ0) is 23.5. The van der Waals surface area contributed by atoms with E-state index in [1.54, 1.807) is 13.8 Å². The van der Waals surface area contributed by atoms with Crippen molar-refractivity contribution in [2.24, 2.45) is 5.92 Å². The van der Waals surface area contributed by atoms with Gasteiger partial charge in [0.25, 0.3) is 0 Å². The number of esters is 1. The monoisotopic (exact) mass is 436 g/mol. The first-order chi connectivity index (χ1) is 14.4. The highest BCUT2D eigenvalue weighted by molar-refractivity contribution is 5.78. The van der Waals surface area contributed by atoms with Gasteiger partial charge in [-0.25, -0.2) is 27.5 Å². The van der Waals surface area contributed by atoms with Crippen molar-refractivity contribution in [1.82, 2.24) is 9.97 Å². The second-order valence-electron chi connectivity index (χ2n) is 8.51. The van der Waals surface area contributed by atoms with Crippen LogP contribution in [-0.2, 0) is 28.0 Å². The van der Waals surface area contributed by atoms with Crippen molar-refractivity contribution in [2.75, 3.05) is 0 Å². The van der Waals surface area contributed by atoms with Crippen LogP contribution in [0.15, 0.2) is 12.4 Å². The zero-order valence-corrected chi connectivity index (χ0v) is 18.0. The zero-order valence-electron chi connectivity index (χ0n) is 18.0. The number of rotatable bonds is 6. The third-order valence-electron chi connectivity index (χ3n) is 4.71. The summed E-state index contributed by atoms with van der Waals surface area (Å²) in [6.45, 7) is 8.33. The lowest BCUT2D eigenvalue weighted by Crippen LogP contribution is -2.23. The van der Waals surface area contributed by atoms with Crippen molar-refractivity contribution in [3.05, 3.63) is 58.2 Å². The quantitative estimate of drug-likeness (QED) is 0.277. The van der Waals surface area contributed by atoms with Crippen LogP contribution >= 0.6 is 0 Å². The predicted octanol–water partition coefficient (Wildman–Crippen LogP) is 4.99. The van der Waals surface area contributed by atoms with Crippen molar-refractivity contribution >= 4 is 5.97 Å². The number of hydrogen-bond donors (Lipinski definition) is 0. The molecule has 0 aliphatic rings. The van der Waals surface area contributed by atoms with Gasteiger partial charge in [-0.05, 0) is 5.92 Å². The van der Waals surface area contributed by atoms with E-state index in [1.165, 1.54) is 12.4 Å². The van der Waals surface area contributed by atoms with Gasteiger partial charge in [0, 0.05) is 35.4 Å². The molecule has 0 aliphatic heterocycles. The first-order valence-corrected chi connectivity index (χ1v) is 9.66. The fourth-order valence-electron chi connectivity index (χ4n) is 3.02. The topological polar surface area (TPSA) is 52.1 Å². The van der Waals surface area contributed by atoms with E-state index in [4.69, 9.17) is 11.2 Å². The minimum absolute atomic E-state index is 0.266. The van der Waals surface area contributed by atoms with E-state index >= 15 is 0 Å². The smallest absolute Gasteiger partial charge is 0.314 e. The molecule has 0 amide bonds. The van der Waals surface area contributed by atoms with Crippen LogP contribution in [0.3, 0.4) is 0 Å². The molecule has 1 unspecified atom stereocenters. The van der Waals surface area contributed by atoms with E-state index in [2.05, 4.69) is 9.97 Å². The average molecular weight is 436 g/mol. The van der Waals surface area contributed by atoms with Crippen molar-refractivity contribution in [1.29, 1.82) is 0 Å². The molecule has 2 rings (SSSR count). The van der Waals surface area contributed by atoms with E-state index in [-0.39, 0.29) is 11.3 Å². The average Bonchev–Trinajstić information content (AvgIpc) is 2.69. The summed E-state index contributed by atoms with van der Waals surface area (Å²) in [5.41, 5.74) is -1.74. The van der Waals surface area contributed by atoms with Crippen molar-refractivity contribution in [2.45, 2.75) is 59.0 Å². The van der Waals surface area contributed by atoms with E-state index in [0.717, 1.165) is 0 Å². The molecule has 0 N–H and O–H groups in total. The maximum absolute atomic E-state index is 14.3. The number of hydrogen-bond acceptors (Lipinski definition) is 4. The second kappa shape index (κ2) is 9.46. The molecule has 0 aliphatic carbocycles. The summed E-state index contributed by atoms with van der Waals surface area (Å²) in [5, 5.41) is 0. The summed E-state index contributed by atoms with van der Waals surface area (Å²) in [6, 6.07) is 0. The van der Waals surface area contributed by atoms with Crippen molar-refractivity contribution in [3.63, 3.8) is 0 Å². The molecule has 0 radical (unpaired) electrons. The van der Waals surface area contributed by atoms with Crippen LogP contribution in [-0.4, -0.2) is 15.9 Å². The molecule has 4 nitrogen and oxygen atoms in total. The van der Waals surface area contributed by atoms with Gasteiger partial charge < -0.3 is 4.74 Å². The van der Waals surface area contributed by atoms with Crippen molar-refractivity contribution < 1.29 is 27.1 Å². The molecular formula is C23H24F4N2O2. The Morgan fingerprint density at radius 1 is 1.03 bits per heavy atom. The minimum Gasteiger partial charge on any atom is -0.460 e. The molecule has 2 aromatic rings. The van der Waals surface area contributed by atoms with Gasteiger partial charge in [0.15, 0.2) is 23.3 Å². The number of carbonyl (C=O) groups is 1. The summed E-state index contributed by atoms with van der Waals surface area (Å²) in [4.78, 5) is 21.2. The van der Waals surface area contributed by atoms with Gasteiger partial charge in [-0.15, -0.1) is 12.3 Å². The Bertz CT molecular complexity index is 977. The molecule has 166 valence electrons. The highest BCUT2D eigenvalue weighted by Gasteiger charge is 2.30. The van der Waals surface area contributed by atoms with Gasteiger partial charge in [-0.2, -0.15) is 0 Å². The SMILES string of the molecule is C#CCc1c(F)c(F)c(COC(=O)C(c2cnc(C(C)(C)C)nc2)C(C)C)c(F)c1F. The highest BCUT2D eigenvalue weighted by Crippen LogP contribution is 2.29. The largest absolute Gasteiger partial charge is 0.460 e. The molecule has 1 aromatic carbocycles. The molecule has 0 saturated carbocycles. The van der Waals surface area contributed by atoms with Crippen LogP contribution in [0.4, 0.5) is 17.6 Å². The van der Waals surface area contributed by atoms with Crippen LogP contribution in [0.5, 0.6) is 0 Å².